The number of fused-ring (bicyclic) bond motifs is 2. The minimum Gasteiger partial charge on any atom is -0.477 e. The number of anilines is 1. The van der Waals surface area contributed by atoms with Gasteiger partial charge in [0.05, 0.1) is 23.1 Å². The predicted molar refractivity (Wildman–Crippen MR) is 111 cm³/mol. The Hall–Kier alpha value is -3.23. The van der Waals surface area contributed by atoms with Crippen molar-refractivity contribution in [3.8, 4) is 0 Å². The van der Waals surface area contributed by atoms with Crippen LogP contribution in [0.15, 0.2) is 23.3 Å². The molecular formula is C22H22F2N4O3. The lowest BCUT2D eigenvalue weighted by molar-refractivity contribution is 0.0694. The molecular weight excluding hydrogens is 406 g/mol. The number of hydrogen-bond acceptors (Lipinski definition) is 4. The predicted octanol–water partition coefficient (Wildman–Crippen LogP) is 3.65. The summed E-state index contributed by atoms with van der Waals surface area (Å²) in [4.78, 5) is 30.3. The number of carboxylic acids is 1. The summed E-state index contributed by atoms with van der Waals surface area (Å²) in [6, 6.07) is 0.880. The molecule has 3 aromatic rings. The van der Waals surface area contributed by atoms with Gasteiger partial charge in [0.25, 0.3) is 0 Å². The maximum Gasteiger partial charge on any atom is 0.341 e. The zero-order chi connectivity index (χ0) is 22.0. The standard InChI is InChI=1S/C22H22F2N4O3/c1-11(2)16-9-26-5-6-27(10-17(26)25-16)20-15(23)7-13-19(18(20)24)28(12-3-4-12)8-14(21(13)29)22(30)31/h7-9,11-12H,3-6,10H2,1-2H3,(H,30,31). The van der Waals surface area contributed by atoms with Crippen LogP contribution in [-0.2, 0) is 13.1 Å². The molecule has 1 saturated carbocycles. The molecule has 5 rings (SSSR count). The second-order valence-electron chi connectivity index (χ2n) is 8.58. The van der Waals surface area contributed by atoms with Gasteiger partial charge in [0, 0.05) is 31.5 Å². The van der Waals surface area contributed by atoms with Gasteiger partial charge in [-0.2, -0.15) is 0 Å². The molecule has 9 heteroatoms. The lowest BCUT2D eigenvalue weighted by Gasteiger charge is -2.30. The van der Waals surface area contributed by atoms with E-state index in [4.69, 9.17) is 0 Å². The number of hydrogen-bond donors (Lipinski definition) is 1. The fourth-order valence-corrected chi connectivity index (χ4v) is 4.26. The van der Waals surface area contributed by atoms with E-state index in [0.717, 1.165) is 30.4 Å². The Morgan fingerprint density at radius 3 is 2.61 bits per heavy atom. The molecule has 1 N–H and O–H groups in total. The van der Waals surface area contributed by atoms with Crippen LogP contribution in [0.25, 0.3) is 10.9 Å². The Morgan fingerprint density at radius 1 is 1.23 bits per heavy atom. The first-order valence-electron chi connectivity index (χ1n) is 10.4. The zero-order valence-corrected chi connectivity index (χ0v) is 17.2. The van der Waals surface area contributed by atoms with Crippen LogP contribution in [0.4, 0.5) is 14.5 Å². The van der Waals surface area contributed by atoms with E-state index in [9.17, 15) is 14.7 Å². The molecule has 1 fully saturated rings. The molecule has 7 nitrogen and oxygen atoms in total. The second-order valence-corrected chi connectivity index (χ2v) is 8.58. The Balaban J connectivity index is 1.66. The molecule has 0 spiro atoms. The SMILES string of the molecule is CC(C)c1cn2c(n1)CN(c1c(F)cc3c(=O)c(C(=O)O)cn(C4CC4)c3c1F)CC2. The van der Waals surface area contributed by atoms with Gasteiger partial charge in [0.1, 0.15) is 22.9 Å². The second kappa shape index (κ2) is 6.90. The highest BCUT2D eigenvalue weighted by Crippen LogP contribution is 2.40. The third-order valence-electron chi connectivity index (χ3n) is 6.08. The molecule has 0 saturated heterocycles. The maximum atomic E-state index is 15.8. The Labute approximate surface area is 176 Å². The molecule has 3 heterocycles. The van der Waals surface area contributed by atoms with Gasteiger partial charge in [-0.15, -0.1) is 0 Å². The van der Waals surface area contributed by atoms with Crippen molar-refractivity contribution >= 4 is 22.6 Å². The first kappa shape index (κ1) is 19.7. The summed E-state index contributed by atoms with van der Waals surface area (Å²) in [5, 5.41) is 9.12. The van der Waals surface area contributed by atoms with Crippen molar-refractivity contribution in [1.82, 2.24) is 14.1 Å². The average molecular weight is 428 g/mol. The summed E-state index contributed by atoms with van der Waals surface area (Å²) in [6.07, 6.45) is 4.67. The molecule has 0 amide bonds. The molecule has 31 heavy (non-hydrogen) atoms. The Kier molecular flexibility index (Phi) is 4.39. The summed E-state index contributed by atoms with van der Waals surface area (Å²) in [5.74, 6) is -2.14. The van der Waals surface area contributed by atoms with Crippen LogP contribution in [0.1, 0.15) is 60.5 Å². The largest absolute Gasteiger partial charge is 0.477 e. The Morgan fingerprint density at radius 2 is 1.97 bits per heavy atom. The normalized spacial score (nSPS) is 16.2. The van der Waals surface area contributed by atoms with Crippen molar-refractivity contribution in [2.24, 2.45) is 0 Å². The minimum absolute atomic E-state index is 0.0364. The number of halogens is 2. The van der Waals surface area contributed by atoms with Crippen molar-refractivity contribution in [3.05, 3.63) is 57.4 Å². The van der Waals surface area contributed by atoms with Crippen molar-refractivity contribution in [3.63, 3.8) is 0 Å². The van der Waals surface area contributed by atoms with E-state index in [1.165, 1.54) is 10.8 Å². The number of aromatic nitrogens is 3. The van der Waals surface area contributed by atoms with Gasteiger partial charge < -0.3 is 19.1 Å². The topological polar surface area (TPSA) is 80.4 Å². The van der Waals surface area contributed by atoms with Crippen molar-refractivity contribution in [1.29, 1.82) is 0 Å². The number of aromatic carboxylic acids is 1. The van der Waals surface area contributed by atoms with Gasteiger partial charge in [-0.3, -0.25) is 4.79 Å². The lowest BCUT2D eigenvalue weighted by atomic mass is 10.1. The maximum absolute atomic E-state index is 15.8. The molecule has 1 aliphatic heterocycles. The third-order valence-corrected chi connectivity index (χ3v) is 6.08. The average Bonchev–Trinajstić information content (AvgIpc) is 3.46. The van der Waals surface area contributed by atoms with Crippen molar-refractivity contribution in [2.75, 3.05) is 11.4 Å². The van der Waals surface area contributed by atoms with Gasteiger partial charge in [0.15, 0.2) is 5.82 Å². The monoisotopic (exact) mass is 428 g/mol. The minimum atomic E-state index is -1.41. The molecule has 2 aliphatic rings. The number of carbonyl (C=O) groups is 1. The molecule has 1 aliphatic carbocycles. The van der Waals surface area contributed by atoms with Crippen molar-refractivity contribution in [2.45, 2.75) is 51.7 Å². The molecule has 1 aromatic carbocycles. The molecule has 0 radical (unpaired) electrons. The van der Waals surface area contributed by atoms with E-state index in [1.54, 1.807) is 4.90 Å². The van der Waals surface area contributed by atoms with Crippen LogP contribution >= 0.6 is 0 Å². The van der Waals surface area contributed by atoms with Crippen LogP contribution in [0, 0.1) is 11.6 Å². The zero-order valence-electron chi connectivity index (χ0n) is 17.2. The van der Waals surface area contributed by atoms with Gasteiger partial charge in [0.2, 0.25) is 5.43 Å². The first-order chi connectivity index (χ1) is 14.8. The summed E-state index contributed by atoms with van der Waals surface area (Å²) < 4.78 is 34.4. The summed E-state index contributed by atoms with van der Waals surface area (Å²) >= 11 is 0. The smallest absolute Gasteiger partial charge is 0.341 e. The number of pyridine rings is 1. The third kappa shape index (κ3) is 3.10. The highest BCUT2D eigenvalue weighted by atomic mass is 19.1. The van der Waals surface area contributed by atoms with Gasteiger partial charge in [-0.05, 0) is 24.8 Å². The highest BCUT2D eigenvalue weighted by Gasteiger charge is 2.32. The van der Waals surface area contributed by atoms with Crippen molar-refractivity contribution < 1.29 is 18.7 Å². The van der Waals surface area contributed by atoms with Crippen LogP contribution < -0.4 is 10.3 Å². The number of benzene rings is 1. The highest BCUT2D eigenvalue weighted by molar-refractivity contribution is 5.94. The van der Waals surface area contributed by atoms with Crippen LogP contribution in [0.3, 0.4) is 0 Å². The lowest BCUT2D eigenvalue weighted by Crippen LogP contribution is -2.35. The van der Waals surface area contributed by atoms with E-state index in [1.807, 2.05) is 24.6 Å². The molecule has 0 bridgehead atoms. The molecule has 162 valence electrons. The summed E-state index contributed by atoms with van der Waals surface area (Å²) in [7, 11) is 0. The first-order valence-corrected chi connectivity index (χ1v) is 10.4. The van der Waals surface area contributed by atoms with Crippen LogP contribution in [0.2, 0.25) is 0 Å². The van der Waals surface area contributed by atoms with Gasteiger partial charge in [-0.1, -0.05) is 13.8 Å². The summed E-state index contributed by atoms with van der Waals surface area (Å²) in [6.45, 7) is 5.25. The number of rotatable bonds is 4. The quantitative estimate of drug-likeness (QED) is 0.686. The number of imidazole rings is 1. The number of nitrogens with zero attached hydrogens (tertiary/aromatic N) is 4. The fraction of sp³-hybridized carbons (Fsp3) is 0.409. The summed E-state index contributed by atoms with van der Waals surface area (Å²) in [5.41, 5.74) is -0.665. The van der Waals surface area contributed by atoms with E-state index in [0.29, 0.717) is 13.1 Å². The molecule has 0 atom stereocenters. The van der Waals surface area contributed by atoms with E-state index < -0.39 is 28.6 Å². The molecule has 0 unspecified atom stereocenters. The van der Waals surface area contributed by atoms with Gasteiger partial charge in [-0.25, -0.2) is 18.6 Å². The molecule has 2 aromatic heterocycles. The van der Waals surface area contributed by atoms with Gasteiger partial charge >= 0.3 is 5.97 Å². The van der Waals surface area contributed by atoms with E-state index >= 15 is 8.78 Å². The van der Waals surface area contributed by atoms with E-state index in [-0.39, 0.29) is 35.1 Å². The van der Waals surface area contributed by atoms with E-state index in [2.05, 4.69) is 4.98 Å². The fourth-order valence-electron chi connectivity index (χ4n) is 4.26. The van der Waals surface area contributed by atoms with Crippen LogP contribution in [0.5, 0.6) is 0 Å². The van der Waals surface area contributed by atoms with Crippen LogP contribution in [-0.4, -0.2) is 31.7 Å². The Bertz CT molecular complexity index is 1290. The number of carboxylic acid groups (broad SMARTS) is 1.